The molecule has 72 heavy (non-hydrogen) atoms. The molecule has 2 bridgehead atoms. The van der Waals surface area contributed by atoms with Gasteiger partial charge >= 0.3 is 0 Å². The van der Waals surface area contributed by atoms with E-state index < -0.39 is 14.8 Å². The minimum atomic E-state index is -1.73. The lowest BCUT2D eigenvalue weighted by Crippen LogP contribution is -2.53. The normalized spacial score (nSPS) is 18.2. The molecule has 2 amide bonds. The maximum atomic E-state index is 14.5. The lowest BCUT2D eigenvalue weighted by Gasteiger charge is -2.44. The third kappa shape index (κ3) is 11.4. The highest BCUT2D eigenvalue weighted by molar-refractivity contribution is 8.33. The van der Waals surface area contributed by atoms with Crippen molar-refractivity contribution in [3.05, 3.63) is 234 Å². The molecule has 10 heteroatoms. The zero-order valence-electron chi connectivity index (χ0n) is 41.2. The molecule has 0 aromatic heterocycles. The minimum absolute atomic E-state index is 0.0120. The van der Waals surface area contributed by atoms with Gasteiger partial charge in [0.05, 0.1) is 17.2 Å². The molecule has 2 fully saturated rings. The van der Waals surface area contributed by atoms with Crippen LogP contribution < -0.4 is 10.6 Å². The summed E-state index contributed by atoms with van der Waals surface area (Å²) in [5, 5.41) is 6.45. The zero-order valence-corrected chi connectivity index (χ0v) is 42.9. The number of carbonyl (C=O) groups is 2. The number of ether oxygens (including phenoxy) is 1. The van der Waals surface area contributed by atoms with E-state index in [4.69, 9.17) is 4.74 Å². The molecule has 0 radical (unpaired) electrons. The number of nitrogens with zero attached hydrogens (tertiary/aromatic N) is 2. The Morgan fingerprint density at radius 2 is 1.17 bits per heavy atom. The summed E-state index contributed by atoms with van der Waals surface area (Å²) < 4.78 is 18.9. The summed E-state index contributed by atoms with van der Waals surface area (Å²) in [6.07, 6.45) is 3.60. The van der Waals surface area contributed by atoms with Gasteiger partial charge in [-0.15, -0.1) is 11.8 Å². The van der Waals surface area contributed by atoms with Gasteiger partial charge < -0.3 is 15.4 Å². The number of thioether (sulfide) groups is 1. The Morgan fingerprint density at radius 3 is 1.67 bits per heavy atom. The van der Waals surface area contributed by atoms with Gasteiger partial charge in [0.15, 0.2) is 0 Å². The lowest BCUT2D eigenvalue weighted by atomic mass is 9.75. The highest BCUT2D eigenvalue weighted by atomic mass is 32.3. The fourth-order valence-corrected chi connectivity index (χ4v) is 16.9. The molecule has 372 valence electrons. The number of amides is 2. The first-order chi connectivity index (χ1) is 35.4. The van der Waals surface area contributed by atoms with Crippen LogP contribution in [-0.4, -0.2) is 91.8 Å². The second-order valence-electron chi connectivity index (χ2n) is 18.9. The van der Waals surface area contributed by atoms with E-state index in [0.717, 1.165) is 49.3 Å². The quantitative estimate of drug-likeness (QED) is 0.0491. The molecular formula is C62H67FN4O3S2. The number of nitrogens with one attached hydrogen (secondary N) is 2. The molecule has 7 nitrogen and oxygen atoms in total. The van der Waals surface area contributed by atoms with Crippen LogP contribution in [-0.2, 0) is 19.1 Å². The van der Waals surface area contributed by atoms with E-state index in [2.05, 4.69) is 202 Å². The molecule has 9 rings (SSSR count). The molecule has 2 unspecified atom stereocenters. The van der Waals surface area contributed by atoms with Crippen LogP contribution >= 0.6 is 21.8 Å². The van der Waals surface area contributed by atoms with Crippen molar-refractivity contribution in [1.29, 1.82) is 0 Å². The van der Waals surface area contributed by atoms with Crippen LogP contribution in [0.1, 0.15) is 53.9 Å². The van der Waals surface area contributed by atoms with Gasteiger partial charge in [-0.1, -0.05) is 158 Å². The number of fused-ring (bicyclic) bond motifs is 2. The number of hydrogen-bond acceptors (Lipinski definition) is 6. The largest absolute Gasteiger partial charge is 0.364 e. The molecule has 2 heterocycles. The first-order valence-electron chi connectivity index (χ1n) is 25.4. The Hall–Kier alpha value is -6.01. The Labute approximate surface area is 431 Å². The number of hydrogen-bond donors (Lipinski definition) is 2. The van der Waals surface area contributed by atoms with Crippen molar-refractivity contribution in [2.75, 3.05) is 58.1 Å². The summed E-state index contributed by atoms with van der Waals surface area (Å²) in [5.74, 6) is 0.941. The molecule has 2 aliphatic rings. The molecule has 0 saturated carbocycles. The molecule has 2 aliphatic heterocycles. The number of rotatable bonds is 23. The van der Waals surface area contributed by atoms with Crippen LogP contribution in [0.5, 0.6) is 0 Å². The van der Waals surface area contributed by atoms with Crippen LogP contribution in [0.2, 0.25) is 0 Å². The number of methoxy groups -OCH3 is 1. The van der Waals surface area contributed by atoms with Crippen LogP contribution in [0.4, 0.5) is 4.39 Å². The number of benzene rings is 7. The fourth-order valence-electron chi connectivity index (χ4n) is 11.5. The van der Waals surface area contributed by atoms with Crippen molar-refractivity contribution in [3.8, 4) is 0 Å². The van der Waals surface area contributed by atoms with E-state index in [1.807, 2.05) is 23.9 Å². The van der Waals surface area contributed by atoms with Crippen molar-refractivity contribution in [1.82, 2.24) is 20.4 Å². The summed E-state index contributed by atoms with van der Waals surface area (Å²) >= 11 is 1.92. The highest BCUT2D eigenvalue weighted by Gasteiger charge is 2.50. The van der Waals surface area contributed by atoms with Gasteiger partial charge in [0.25, 0.3) is 0 Å². The summed E-state index contributed by atoms with van der Waals surface area (Å²) in [7, 11) is -0.143. The molecule has 2 saturated heterocycles. The first kappa shape index (κ1) is 50.9. The molecule has 7 aromatic carbocycles. The lowest BCUT2D eigenvalue weighted by molar-refractivity contribution is -0.131. The van der Waals surface area contributed by atoms with E-state index in [1.165, 1.54) is 43.5 Å². The van der Waals surface area contributed by atoms with Crippen molar-refractivity contribution in [3.63, 3.8) is 0 Å². The monoisotopic (exact) mass is 998 g/mol. The van der Waals surface area contributed by atoms with Crippen molar-refractivity contribution in [2.24, 2.45) is 5.92 Å². The molecule has 0 aliphatic carbocycles. The van der Waals surface area contributed by atoms with Crippen molar-refractivity contribution >= 4 is 33.6 Å². The van der Waals surface area contributed by atoms with Gasteiger partial charge in [0, 0.05) is 43.8 Å². The second kappa shape index (κ2) is 24.6. The molecule has 4 atom stereocenters. The molecule has 2 N–H and O–H groups in total. The van der Waals surface area contributed by atoms with Gasteiger partial charge in [0.2, 0.25) is 11.8 Å². The number of piperidine rings is 1. The van der Waals surface area contributed by atoms with E-state index in [9.17, 15) is 14.0 Å². The average Bonchev–Trinajstić information content (AvgIpc) is 3.71. The standard InChI is InChI=1S/C62H67FN4O3S2/c1-70-47-65-61(69)60-57(48-33-35-52(63)36-34-48)45-53-37-38-58(60)67(53)41-20-40-66(42-43-71-62(49-21-8-2-9-22-49,50-23-10-3-11-24-50)51-25-12-4-13-26-51)46-59(68)64-39-44-72(54-27-14-5-15-28-54,55-29-16-6-17-30-55)56-31-18-7-19-32-56/h2-19,21-36,53,57-58,60H,20,37-47H2,1H3,(H,64,68)(H,65,69)/t53?,57-,58?,60+/m1/s1. The Balaban J connectivity index is 0.962. The van der Waals surface area contributed by atoms with Crippen molar-refractivity contribution in [2.45, 2.75) is 63.1 Å². The average molecular weight is 999 g/mol. The molecule has 0 spiro atoms. The maximum absolute atomic E-state index is 14.5. The topological polar surface area (TPSA) is 73.9 Å². The van der Waals surface area contributed by atoms with Gasteiger partial charge in [-0.3, -0.25) is 19.4 Å². The highest BCUT2D eigenvalue weighted by Crippen LogP contribution is 2.67. The summed E-state index contributed by atoms with van der Waals surface area (Å²) in [5.41, 5.74) is 4.64. The Morgan fingerprint density at radius 1 is 0.667 bits per heavy atom. The van der Waals surface area contributed by atoms with Gasteiger partial charge in [-0.2, -0.15) is 10.0 Å². The van der Waals surface area contributed by atoms with E-state index in [1.54, 1.807) is 7.11 Å². The van der Waals surface area contributed by atoms with Crippen LogP contribution in [0.25, 0.3) is 0 Å². The number of carbonyl (C=O) groups excluding carboxylic acids is 2. The zero-order chi connectivity index (χ0) is 49.6. The third-order valence-corrected chi connectivity index (χ3v) is 20.3. The Kier molecular flexibility index (Phi) is 17.4. The summed E-state index contributed by atoms with van der Waals surface area (Å²) in [6.45, 7) is 3.15. The van der Waals surface area contributed by atoms with E-state index >= 15 is 0 Å². The maximum Gasteiger partial charge on any atom is 0.234 e. The fraction of sp³-hybridized carbons (Fsp3) is 0.290. The minimum Gasteiger partial charge on any atom is -0.364 e. The third-order valence-electron chi connectivity index (χ3n) is 14.7. The van der Waals surface area contributed by atoms with Crippen molar-refractivity contribution < 1.29 is 18.7 Å². The number of halogens is 1. The second-order valence-corrected chi connectivity index (χ2v) is 23.5. The summed E-state index contributed by atoms with van der Waals surface area (Å²) in [4.78, 5) is 37.2. The molecular weight excluding hydrogens is 932 g/mol. The van der Waals surface area contributed by atoms with Gasteiger partial charge in [0.1, 0.15) is 12.5 Å². The van der Waals surface area contributed by atoms with Crippen LogP contribution in [0.3, 0.4) is 0 Å². The SMILES string of the molecule is COCNC(=O)[C@@H]1C2CCC(C[C@@H]1c1ccc(F)cc1)N2CCCN(CCSC(c1ccccc1)(c1ccccc1)c1ccccc1)CC(=O)NCCS(c1ccccc1)(c1ccccc1)c1ccccc1. The predicted octanol–water partition coefficient (Wildman–Crippen LogP) is 12.0. The van der Waals surface area contributed by atoms with Crippen LogP contribution in [0.15, 0.2) is 221 Å². The van der Waals surface area contributed by atoms with Crippen LogP contribution in [0, 0.1) is 11.7 Å². The predicted molar refractivity (Wildman–Crippen MR) is 293 cm³/mol. The van der Waals surface area contributed by atoms with E-state index in [-0.39, 0.29) is 48.8 Å². The first-order valence-corrected chi connectivity index (χ1v) is 28.2. The Bertz CT molecular complexity index is 2570. The smallest absolute Gasteiger partial charge is 0.234 e. The molecule has 7 aromatic rings. The van der Waals surface area contributed by atoms with Gasteiger partial charge in [-0.25, -0.2) is 4.39 Å². The van der Waals surface area contributed by atoms with Gasteiger partial charge in [-0.05, 0) is 130 Å². The van der Waals surface area contributed by atoms with E-state index in [0.29, 0.717) is 25.7 Å². The summed E-state index contributed by atoms with van der Waals surface area (Å²) in [6, 6.07) is 71.8.